The van der Waals surface area contributed by atoms with Crippen molar-refractivity contribution < 1.29 is 50.9 Å². The van der Waals surface area contributed by atoms with Gasteiger partial charge in [-0.3, -0.25) is 88.0 Å². The molecule has 1 radical (unpaired) electrons. The van der Waals surface area contributed by atoms with Crippen molar-refractivity contribution in [3.8, 4) is 20.9 Å². The van der Waals surface area contributed by atoms with Gasteiger partial charge in [0.1, 0.15) is 10.8 Å². The molecule has 7 rings (SSSR count). The summed E-state index contributed by atoms with van der Waals surface area (Å²) >= 11 is 15.1. The van der Waals surface area contributed by atoms with Crippen molar-refractivity contribution in [3.05, 3.63) is 114 Å². The SMILES string of the molecule is CC1(C)OB(c2ccc(F)s2)OC1(C)C.I[C-](I)I.Nc1nccc(-c2ccc(F)s2)c1N.Nc1nccc(-c2ccc(F)s2)c1[N+](=O)[O-].Nc1nccc(Cl)c1[N+](=O)[O-].[V]. The summed E-state index contributed by atoms with van der Waals surface area (Å²) in [5.41, 5.74) is 21.9. The predicted octanol–water partition coefficient (Wildman–Crippen LogP) is 10.7. The second-order valence-electron chi connectivity index (χ2n) is 12.4. The van der Waals surface area contributed by atoms with Crippen molar-refractivity contribution in [1.82, 2.24) is 15.0 Å². The van der Waals surface area contributed by atoms with Crippen LogP contribution in [0.3, 0.4) is 0 Å². The maximum absolute atomic E-state index is 12.9. The fourth-order valence-corrected chi connectivity index (χ4v) is 6.96. The van der Waals surface area contributed by atoms with Crippen molar-refractivity contribution in [2.24, 2.45) is 0 Å². The molecule has 0 spiro atoms. The Hall–Kier alpha value is -2.61. The minimum Gasteiger partial charge on any atom is -0.399 e. The number of halogens is 7. The quantitative estimate of drug-likeness (QED) is 0.0413. The summed E-state index contributed by atoms with van der Waals surface area (Å²) in [6.07, 6.45) is 4.22. The number of nitrogen functional groups attached to an aromatic ring is 4. The monoisotopic (exact) mass is 1290 g/mol. The number of hydrogen-bond acceptors (Lipinski definition) is 16. The zero-order chi connectivity index (χ0) is 45.1. The fraction of sp³-hybridized carbons (Fsp3) is 0.176. The van der Waals surface area contributed by atoms with E-state index in [1.54, 1.807) is 24.4 Å². The molecule has 1 aliphatic rings. The first-order chi connectivity index (χ1) is 27.9. The molecule has 0 aliphatic carbocycles. The summed E-state index contributed by atoms with van der Waals surface area (Å²) < 4.78 is 52.2. The summed E-state index contributed by atoms with van der Waals surface area (Å²) in [5.74, 6) is -0.0601. The van der Waals surface area contributed by atoms with Crippen LogP contribution in [0.15, 0.2) is 73.2 Å². The van der Waals surface area contributed by atoms with E-state index in [1.807, 2.05) is 27.7 Å². The number of thiophene rings is 3. The maximum atomic E-state index is 12.9. The van der Waals surface area contributed by atoms with Crippen molar-refractivity contribution in [1.29, 1.82) is 0 Å². The van der Waals surface area contributed by atoms with E-state index >= 15 is 0 Å². The van der Waals surface area contributed by atoms with Gasteiger partial charge < -0.3 is 32.2 Å². The molecule has 0 unspecified atom stereocenters. The summed E-state index contributed by atoms with van der Waals surface area (Å²) in [5, 5.41) is 20.2. The molecule has 15 nitrogen and oxygen atoms in total. The molecular weight excluding hydrogens is 1260 g/mol. The van der Waals surface area contributed by atoms with Crippen LogP contribution in [0.1, 0.15) is 27.7 Å². The number of anilines is 4. The molecular formula is C34H32BClF3I3N9O6S3V-. The van der Waals surface area contributed by atoms with Gasteiger partial charge in [-0.1, -0.05) is 11.6 Å². The molecule has 0 bridgehead atoms. The third-order valence-electron chi connectivity index (χ3n) is 8.00. The summed E-state index contributed by atoms with van der Waals surface area (Å²) in [4.78, 5) is 32.0. The molecule has 325 valence electrons. The van der Waals surface area contributed by atoms with Gasteiger partial charge in [0.2, 0.25) is 11.6 Å². The summed E-state index contributed by atoms with van der Waals surface area (Å²) in [6, 6.07) is 13.4. The Morgan fingerprint density at radius 2 is 1.07 bits per heavy atom. The van der Waals surface area contributed by atoms with E-state index in [0.717, 1.165) is 49.2 Å². The molecule has 61 heavy (non-hydrogen) atoms. The van der Waals surface area contributed by atoms with E-state index in [1.165, 1.54) is 48.7 Å². The largest absolute Gasteiger partial charge is 0.505 e. The number of rotatable bonds is 5. The first-order valence-electron chi connectivity index (χ1n) is 16.3. The number of nitrogens with zero attached hydrogens (tertiary/aromatic N) is 5. The van der Waals surface area contributed by atoms with Gasteiger partial charge in [-0.15, -0.1) is 33.9 Å². The Morgan fingerprint density at radius 1 is 0.672 bits per heavy atom. The number of nitrogens with two attached hydrogens (primary N) is 4. The van der Waals surface area contributed by atoms with Gasteiger partial charge in [0.05, 0.1) is 32.3 Å². The number of nitro groups is 2. The van der Waals surface area contributed by atoms with E-state index in [-0.39, 0.29) is 79.4 Å². The average Bonchev–Trinajstić information content (AvgIpc) is 3.93. The normalized spacial score (nSPS) is 13.1. The van der Waals surface area contributed by atoms with Gasteiger partial charge >= 0.3 is 18.5 Å². The Kier molecular flexibility index (Phi) is 21.9. The van der Waals surface area contributed by atoms with Crippen LogP contribution in [0.5, 0.6) is 0 Å². The van der Waals surface area contributed by atoms with Gasteiger partial charge in [-0.25, -0.2) is 15.0 Å². The molecule has 6 aromatic heterocycles. The zero-order valence-electron chi connectivity index (χ0n) is 31.8. The third-order valence-corrected chi connectivity index (χ3v) is 11.0. The summed E-state index contributed by atoms with van der Waals surface area (Å²) in [7, 11) is -0.440. The third kappa shape index (κ3) is 15.9. The molecule has 27 heteroatoms. The van der Waals surface area contributed by atoms with Gasteiger partial charge in [-0.2, -0.15) is 13.2 Å². The van der Waals surface area contributed by atoms with E-state index in [2.05, 4.69) is 82.7 Å². The Labute approximate surface area is 417 Å². The minimum absolute atomic E-state index is 0. The van der Waals surface area contributed by atoms with Gasteiger partial charge in [0.25, 0.3) is 0 Å². The Balaban J connectivity index is 0.000000272. The van der Waals surface area contributed by atoms with Gasteiger partial charge in [0, 0.05) is 57.2 Å². The standard InChI is InChI=1S/C10H14BFO2S.C9H6FN3O2S.C9H8FN3S.C5H4ClN3O2.CI3.V/c1-9(2)10(3,4)14-11(13-9)7-5-6-8(12)15-7;10-7-2-1-6(16-7)5-3-4-12-9(11)8(5)13(14)15;10-7-2-1-6(14-7)5-3-4-13-9(12)8(5)11;6-3-1-2-8-5(7)4(3)9(10)11;2-1(3)4;/h5-6H,1-4H3;1-4H,(H2,11,12);1-4H,11H2,(H2,12,13);1-2H,(H2,7,8);;/q;;;;-1;. The molecule has 0 saturated carbocycles. The van der Waals surface area contributed by atoms with Crippen LogP contribution in [0.25, 0.3) is 20.9 Å². The minimum atomic E-state index is -0.662. The first kappa shape index (κ1) is 54.5. The second kappa shape index (κ2) is 24.5. The number of hydrogen-bond donors (Lipinski definition) is 4. The van der Waals surface area contributed by atoms with Crippen molar-refractivity contribution >= 4 is 160 Å². The predicted molar refractivity (Wildman–Crippen MR) is 261 cm³/mol. The Morgan fingerprint density at radius 3 is 1.46 bits per heavy atom. The van der Waals surface area contributed by atoms with Crippen molar-refractivity contribution in [3.63, 3.8) is 0 Å². The van der Waals surface area contributed by atoms with Gasteiger partial charge in [0.15, 0.2) is 15.4 Å². The van der Waals surface area contributed by atoms with Crippen molar-refractivity contribution in [2.75, 3.05) is 22.9 Å². The molecule has 0 amide bonds. The van der Waals surface area contributed by atoms with Crippen LogP contribution in [0, 0.1) is 35.6 Å². The van der Waals surface area contributed by atoms with E-state index in [0.29, 0.717) is 10.6 Å². The number of pyridine rings is 3. The molecule has 1 aliphatic heterocycles. The van der Waals surface area contributed by atoms with Gasteiger partial charge in [-0.05, 0) is 82.3 Å². The fourth-order valence-electron chi connectivity index (χ4n) is 4.52. The molecule has 1 saturated heterocycles. The maximum Gasteiger partial charge on any atom is 0.505 e. The molecule has 8 N–H and O–H groups in total. The van der Waals surface area contributed by atoms with E-state index in [9.17, 15) is 33.4 Å². The molecule has 0 aromatic carbocycles. The molecule has 7 heterocycles. The average molecular weight is 1290 g/mol. The van der Waals surface area contributed by atoms with E-state index < -0.39 is 22.1 Å². The molecule has 0 atom stereocenters. The van der Waals surface area contributed by atoms with Crippen LogP contribution < -0.4 is 27.7 Å². The van der Waals surface area contributed by atoms with Crippen LogP contribution in [0.4, 0.5) is 47.7 Å². The van der Waals surface area contributed by atoms with Crippen LogP contribution >= 0.6 is 113 Å². The first-order valence-corrected chi connectivity index (χ1v) is 22.4. The van der Waals surface area contributed by atoms with E-state index in [4.69, 9.17) is 43.8 Å². The Bertz CT molecular complexity index is 2380. The zero-order valence-corrected chi connectivity index (χ0v) is 42.9. The smallest absolute Gasteiger partial charge is 0.399 e. The second-order valence-corrected chi connectivity index (χ2v) is 25.4. The topological polar surface area (TPSA) is 247 Å². The molecule has 1 fully saturated rings. The number of aromatic nitrogens is 3. The van der Waals surface area contributed by atoms with Crippen LogP contribution in [-0.4, -0.2) is 43.1 Å². The molecule has 6 aromatic rings. The van der Waals surface area contributed by atoms with Crippen LogP contribution in [0.2, 0.25) is 5.02 Å². The van der Waals surface area contributed by atoms with Crippen molar-refractivity contribution in [2.45, 2.75) is 38.9 Å². The van der Waals surface area contributed by atoms with Crippen LogP contribution in [-0.2, 0) is 27.9 Å². The summed E-state index contributed by atoms with van der Waals surface area (Å²) in [6.45, 7) is 7.93.